The van der Waals surface area contributed by atoms with Crippen molar-refractivity contribution in [1.82, 2.24) is 16.0 Å². The quantitative estimate of drug-likeness (QED) is 0.282. The standard InChI is InChI=1S/C11H24N4O2.HI/c1-11(2,3)15-9(16)8-14-10(12-4)13-6-7-17-5;/h6-8H2,1-5H3,(H,15,16)(H2,12,13,14);1H. The van der Waals surface area contributed by atoms with E-state index in [-0.39, 0.29) is 42.0 Å². The fourth-order valence-corrected chi connectivity index (χ4v) is 1.12. The molecule has 0 aliphatic carbocycles. The molecule has 0 saturated heterocycles. The maximum absolute atomic E-state index is 11.5. The van der Waals surface area contributed by atoms with Gasteiger partial charge in [-0.25, -0.2) is 0 Å². The highest BCUT2D eigenvalue weighted by Gasteiger charge is 2.13. The van der Waals surface area contributed by atoms with Crippen LogP contribution in [-0.4, -0.2) is 51.3 Å². The van der Waals surface area contributed by atoms with Crippen LogP contribution < -0.4 is 16.0 Å². The lowest BCUT2D eigenvalue weighted by Gasteiger charge is -2.21. The first-order valence-corrected chi connectivity index (χ1v) is 5.63. The molecule has 0 atom stereocenters. The number of carbonyl (C=O) groups is 1. The number of rotatable bonds is 5. The molecular weight excluding hydrogens is 347 g/mol. The van der Waals surface area contributed by atoms with Crippen molar-refractivity contribution in [3.63, 3.8) is 0 Å². The van der Waals surface area contributed by atoms with E-state index in [0.29, 0.717) is 19.1 Å². The van der Waals surface area contributed by atoms with Gasteiger partial charge in [-0.3, -0.25) is 9.79 Å². The Hall–Kier alpha value is -0.570. The molecule has 18 heavy (non-hydrogen) atoms. The first-order chi connectivity index (χ1) is 7.89. The second-order valence-electron chi connectivity index (χ2n) is 4.64. The molecule has 0 heterocycles. The van der Waals surface area contributed by atoms with Crippen LogP contribution in [0, 0.1) is 0 Å². The normalized spacial score (nSPS) is 11.5. The number of halogens is 1. The zero-order valence-electron chi connectivity index (χ0n) is 11.8. The molecule has 108 valence electrons. The largest absolute Gasteiger partial charge is 0.383 e. The molecule has 0 aromatic carbocycles. The first-order valence-electron chi connectivity index (χ1n) is 5.63. The Morgan fingerprint density at radius 1 is 1.28 bits per heavy atom. The second kappa shape index (κ2) is 10.4. The van der Waals surface area contributed by atoms with E-state index in [0.717, 1.165) is 0 Å². The minimum Gasteiger partial charge on any atom is -0.383 e. The smallest absolute Gasteiger partial charge is 0.239 e. The molecule has 0 rings (SSSR count). The number of nitrogens with zero attached hydrogens (tertiary/aromatic N) is 1. The van der Waals surface area contributed by atoms with Gasteiger partial charge in [0.25, 0.3) is 0 Å². The summed E-state index contributed by atoms with van der Waals surface area (Å²) in [5.41, 5.74) is -0.217. The Morgan fingerprint density at radius 3 is 2.33 bits per heavy atom. The van der Waals surface area contributed by atoms with Crippen LogP contribution in [0.2, 0.25) is 0 Å². The molecule has 3 N–H and O–H groups in total. The molecule has 0 fully saturated rings. The molecule has 7 heteroatoms. The Labute approximate surface area is 126 Å². The molecule has 0 unspecified atom stereocenters. The lowest BCUT2D eigenvalue weighted by Crippen LogP contribution is -2.48. The van der Waals surface area contributed by atoms with Gasteiger partial charge in [-0.2, -0.15) is 0 Å². The van der Waals surface area contributed by atoms with Crippen molar-refractivity contribution in [2.45, 2.75) is 26.3 Å². The zero-order valence-corrected chi connectivity index (χ0v) is 14.1. The van der Waals surface area contributed by atoms with Crippen LogP contribution in [0.1, 0.15) is 20.8 Å². The maximum Gasteiger partial charge on any atom is 0.239 e. The predicted octanol–water partition coefficient (Wildman–Crippen LogP) is 0.330. The molecule has 0 radical (unpaired) electrons. The van der Waals surface area contributed by atoms with Gasteiger partial charge in [0, 0.05) is 26.2 Å². The van der Waals surface area contributed by atoms with Gasteiger partial charge in [0.05, 0.1) is 13.2 Å². The number of amides is 1. The molecule has 6 nitrogen and oxygen atoms in total. The number of methoxy groups -OCH3 is 1. The van der Waals surface area contributed by atoms with E-state index in [1.54, 1.807) is 14.2 Å². The maximum atomic E-state index is 11.5. The number of nitrogens with one attached hydrogen (secondary N) is 3. The van der Waals surface area contributed by atoms with Gasteiger partial charge in [-0.1, -0.05) is 0 Å². The molecule has 0 spiro atoms. The summed E-state index contributed by atoms with van der Waals surface area (Å²) in [6.45, 7) is 7.26. The minimum atomic E-state index is -0.217. The summed E-state index contributed by atoms with van der Waals surface area (Å²) in [4.78, 5) is 15.5. The van der Waals surface area contributed by atoms with E-state index < -0.39 is 0 Å². The average Bonchev–Trinajstić information content (AvgIpc) is 2.20. The lowest BCUT2D eigenvalue weighted by molar-refractivity contribution is -0.121. The minimum absolute atomic E-state index is 0. The number of guanidine groups is 1. The summed E-state index contributed by atoms with van der Waals surface area (Å²) >= 11 is 0. The van der Waals surface area contributed by atoms with Crippen LogP contribution >= 0.6 is 24.0 Å². The Bertz CT molecular complexity index is 264. The predicted molar refractivity (Wildman–Crippen MR) is 84.6 cm³/mol. The van der Waals surface area contributed by atoms with Gasteiger partial charge in [0.1, 0.15) is 0 Å². The fourth-order valence-electron chi connectivity index (χ4n) is 1.12. The van der Waals surface area contributed by atoms with E-state index in [1.807, 2.05) is 20.8 Å². The van der Waals surface area contributed by atoms with Gasteiger partial charge in [0.2, 0.25) is 5.91 Å². The summed E-state index contributed by atoms with van der Waals surface area (Å²) in [6.07, 6.45) is 0. The summed E-state index contributed by atoms with van der Waals surface area (Å²) in [7, 11) is 3.29. The summed E-state index contributed by atoms with van der Waals surface area (Å²) in [5, 5.41) is 8.80. The van der Waals surface area contributed by atoms with E-state index in [2.05, 4.69) is 20.9 Å². The Morgan fingerprint density at radius 2 is 1.89 bits per heavy atom. The second-order valence-corrected chi connectivity index (χ2v) is 4.64. The van der Waals surface area contributed by atoms with E-state index >= 15 is 0 Å². The van der Waals surface area contributed by atoms with Gasteiger partial charge in [0.15, 0.2) is 5.96 Å². The molecule has 0 aliphatic heterocycles. The zero-order chi connectivity index (χ0) is 13.3. The van der Waals surface area contributed by atoms with Crippen LogP contribution in [0.25, 0.3) is 0 Å². The Kier molecular flexibility index (Phi) is 11.4. The highest BCUT2D eigenvalue weighted by Crippen LogP contribution is 1.96. The third-order valence-electron chi connectivity index (χ3n) is 1.75. The molecule has 0 aromatic heterocycles. The first kappa shape index (κ1) is 19.8. The lowest BCUT2D eigenvalue weighted by atomic mass is 10.1. The molecule has 0 bridgehead atoms. The summed E-state index contributed by atoms with van der Waals surface area (Å²) < 4.78 is 4.90. The number of hydrogen-bond donors (Lipinski definition) is 3. The Balaban J connectivity index is 0. The topological polar surface area (TPSA) is 74.8 Å². The summed E-state index contributed by atoms with van der Waals surface area (Å²) in [6, 6.07) is 0. The summed E-state index contributed by atoms with van der Waals surface area (Å²) in [5.74, 6) is 0.526. The van der Waals surface area contributed by atoms with Crippen LogP contribution in [0.15, 0.2) is 4.99 Å². The van der Waals surface area contributed by atoms with E-state index in [4.69, 9.17) is 4.74 Å². The van der Waals surface area contributed by atoms with Crippen molar-refractivity contribution < 1.29 is 9.53 Å². The van der Waals surface area contributed by atoms with Crippen molar-refractivity contribution in [2.75, 3.05) is 33.9 Å². The average molecular weight is 372 g/mol. The van der Waals surface area contributed by atoms with E-state index in [1.165, 1.54) is 0 Å². The monoisotopic (exact) mass is 372 g/mol. The van der Waals surface area contributed by atoms with Gasteiger partial charge >= 0.3 is 0 Å². The fraction of sp³-hybridized carbons (Fsp3) is 0.818. The van der Waals surface area contributed by atoms with Gasteiger partial charge < -0.3 is 20.7 Å². The molecule has 0 aromatic rings. The molecule has 0 saturated carbocycles. The number of carbonyl (C=O) groups excluding carboxylic acids is 1. The van der Waals surface area contributed by atoms with Crippen molar-refractivity contribution >= 4 is 35.8 Å². The third-order valence-corrected chi connectivity index (χ3v) is 1.75. The highest BCUT2D eigenvalue weighted by atomic mass is 127. The number of ether oxygens (including phenoxy) is 1. The SMILES string of the molecule is CN=C(NCCOC)NCC(=O)NC(C)(C)C.I. The van der Waals surface area contributed by atoms with E-state index in [9.17, 15) is 4.79 Å². The van der Waals surface area contributed by atoms with Gasteiger partial charge in [-0.15, -0.1) is 24.0 Å². The number of hydrogen-bond acceptors (Lipinski definition) is 3. The molecule has 1 amide bonds. The number of aliphatic imine (C=N–C) groups is 1. The van der Waals surface area contributed by atoms with Crippen molar-refractivity contribution in [3.05, 3.63) is 0 Å². The van der Waals surface area contributed by atoms with Crippen LogP contribution in [0.4, 0.5) is 0 Å². The van der Waals surface area contributed by atoms with Crippen molar-refractivity contribution in [2.24, 2.45) is 4.99 Å². The van der Waals surface area contributed by atoms with Gasteiger partial charge in [-0.05, 0) is 20.8 Å². The third kappa shape index (κ3) is 11.9. The van der Waals surface area contributed by atoms with Crippen LogP contribution in [-0.2, 0) is 9.53 Å². The van der Waals surface area contributed by atoms with Crippen molar-refractivity contribution in [3.8, 4) is 0 Å². The van der Waals surface area contributed by atoms with Crippen LogP contribution in [0.5, 0.6) is 0 Å². The van der Waals surface area contributed by atoms with Crippen LogP contribution in [0.3, 0.4) is 0 Å². The van der Waals surface area contributed by atoms with Crippen molar-refractivity contribution in [1.29, 1.82) is 0 Å². The highest BCUT2D eigenvalue weighted by molar-refractivity contribution is 14.0. The molecular formula is C11H25IN4O2. The molecule has 0 aliphatic rings.